The average Bonchev–Trinajstić information content (AvgIpc) is 3.27. The highest BCUT2D eigenvalue weighted by molar-refractivity contribution is 7.92. The predicted octanol–water partition coefficient (Wildman–Crippen LogP) is 1.62. The monoisotopic (exact) mass is 428 g/mol. The van der Waals surface area contributed by atoms with Crippen molar-refractivity contribution in [3.05, 3.63) is 60.4 Å². The summed E-state index contributed by atoms with van der Waals surface area (Å²) in [7, 11) is -3.31. The van der Waals surface area contributed by atoms with Crippen LogP contribution in [0.4, 0.5) is 5.82 Å². The maximum absolute atomic E-state index is 12.1. The van der Waals surface area contributed by atoms with Crippen molar-refractivity contribution >= 4 is 21.6 Å². The minimum Gasteiger partial charge on any atom is -0.367 e. The first kappa shape index (κ1) is 21.4. The van der Waals surface area contributed by atoms with Crippen LogP contribution in [-0.2, 0) is 21.1 Å². The number of benzene rings is 1. The number of carbonyl (C=O) groups excluding carboxylic acids is 1. The molecule has 0 spiro atoms. The van der Waals surface area contributed by atoms with E-state index in [1.807, 2.05) is 0 Å². The largest absolute Gasteiger partial charge is 0.367 e. The van der Waals surface area contributed by atoms with E-state index in [-0.39, 0.29) is 17.2 Å². The molecule has 2 heterocycles. The van der Waals surface area contributed by atoms with E-state index in [1.54, 1.807) is 73.4 Å². The number of aromatic nitrogens is 4. The molecule has 0 saturated heterocycles. The normalized spacial score (nSPS) is 11.4. The molecule has 9 nitrogen and oxygen atoms in total. The molecule has 158 valence electrons. The van der Waals surface area contributed by atoms with E-state index < -0.39 is 15.1 Å². The highest BCUT2D eigenvalue weighted by atomic mass is 32.2. The van der Waals surface area contributed by atoms with Gasteiger partial charge >= 0.3 is 0 Å². The van der Waals surface area contributed by atoms with Crippen molar-refractivity contribution in [2.45, 2.75) is 30.4 Å². The summed E-state index contributed by atoms with van der Waals surface area (Å²) in [6, 6.07) is 11.8. The van der Waals surface area contributed by atoms with Crippen molar-refractivity contribution in [1.29, 1.82) is 0 Å². The van der Waals surface area contributed by atoms with Crippen LogP contribution in [0.15, 0.2) is 59.8 Å². The fraction of sp³-hybridized carbons (Fsp3) is 0.300. The third kappa shape index (κ3) is 5.41. The number of carbonyl (C=O) groups is 1. The number of sulfone groups is 1. The number of hydrogen-bond donors (Lipinski definition) is 2. The zero-order valence-corrected chi connectivity index (χ0v) is 17.6. The number of anilines is 1. The standard InChI is InChI=1S/C20H24N6O3S/c1-15(2)30(28,29)17-6-4-16(5-7-17)14-20(27)22-12-11-21-18-8-9-19(25-24-18)26-13-3-10-23-26/h3-10,13,15H,11-12,14H2,1-2H3,(H,21,24)(H,22,27). The minimum absolute atomic E-state index is 0.142. The number of nitrogens with zero attached hydrogens (tertiary/aromatic N) is 4. The van der Waals surface area contributed by atoms with Crippen LogP contribution >= 0.6 is 0 Å². The van der Waals surface area contributed by atoms with E-state index in [4.69, 9.17) is 0 Å². The maximum Gasteiger partial charge on any atom is 0.224 e. The molecule has 1 aromatic carbocycles. The van der Waals surface area contributed by atoms with Crippen LogP contribution in [0.2, 0.25) is 0 Å². The first-order valence-corrected chi connectivity index (χ1v) is 11.1. The molecular weight excluding hydrogens is 404 g/mol. The first-order chi connectivity index (χ1) is 14.4. The third-order valence-corrected chi connectivity index (χ3v) is 6.55. The van der Waals surface area contributed by atoms with Crippen LogP contribution in [0.3, 0.4) is 0 Å². The summed E-state index contributed by atoms with van der Waals surface area (Å²) in [6.45, 7) is 4.20. The zero-order chi connectivity index (χ0) is 21.6. The van der Waals surface area contributed by atoms with Crippen LogP contribution in [0, 0.1) is 0 Å². The van der Waals surface area contributed by atoms with Gasteiger partial charge in [0.1, 0.15) is 5.82 Å². The molecule has 2 aromatic heterocycles. The second-order valence-electron chi connectivity index (χ2n) is 6.92. The summed E-state index contributed by atoms with van der Waals surface area (Å²) in [4.78, 5) is 12.4. The Morgan fingerprint density at radius 2 is 1.83 bits per heavy atom. The molecule has 2 N–H and O–H groups in total. The van der Waals surface area contributed by atoms with E-state index in [0.29, 0.717) is 24.7 Å². The minimum atomic E-state index is -3.31. The van der Waals surface area contributed by atoms with Crippen molar-refractivity contribution < 1.29 is 13.2 Å². The number of amides is 1. The Kier molecular flexibility index (Phi) is 6.78. The lowest BCUT2D eigenvalue weighted by molar-refractivity contribution is -0.120. The molecule has 1 amide bonds. The Bertz CT molecular complexity index is 1060. The summed E-state index contributed by atoms with van der Waals surface area (Å²) in [5, 5.41) is 17.7. The molecule has 0 aliphatic carbocycles. The molecule has 0 saturated carbocycles. The molecule has 0 radical (unpaired) electrons. The molecular formula is C20H24N6O3S. The van der Waals surface area contributed by atoms with Gasteiger partial charge in [0, 0.05) is 25.5 Å². The molecule has 10 heteroatoms. The third-order valence-electron chi connectivity index (χ3n) is 4.38. The SMILES string of the molecule is CC(C)S(=O)(=O)c1ccc(CC(=O)NCCNc2ccc(-n3cccn3)nn2)cc1. The van der Waals surface area contributed by atoms with Gasteiger partial charge in [-0.25, -0.2) is 13.1 Å². The lowest BCUT2D eigenvalue weighted by Gasteiger charge is -2.09. The molecule has 0 bridgehead atoms. The van der Waals surface area contributed by atoms with E-state index in [2.05, 4.69) is 25.9 Å². The van der Waals surface area contributed by atoms with Crippen molar-refractivity contribution in [1.82, 2.24) is 25.3 Å². The van der Waals surface area contributed by atoms with E-state index in [1.165, 1.54) is 0 Å². The van der Waals surface area contributed by atoms with Gasteiger partial charge in [-0.05, 0) is 49.7 Å². The summed E-state index contributed by atoms with van der Waals surface area (Å²) in [5.41, 5.74) is 0.753. The summed E-state index contributed by atoms with van der Waals surface area (Å²) in [6.07, 6.45) is 3.63. The maximum atomic E-state index is 12.1. The lowest BCUT2D eigenvalue weighted by atomic mass is 10.1. The molecule has 0 aliphatic heterocycles. The molecule has 0 atom stereocenters. The molecule has 3 rings (SSSR count). The first-order valence-electron chi connectivity index (χ1n) is 9.53. The lowest BCUT2D eigenvalue weighted by Crippen LogP contribution is -2.30. The van der Waals surface area contributed by atoms with Crippen LogP contribution < -0.4 is 10.6 Å². The highest BCUT2D eigenvalue weighted by Gasteiger charge is 2.18. The number of rotatable bonds is 9. The van der Waals surface area contributed by atoms with Gasteiger partial charge in [0.2, 0.25) is 5.91 Å². The Morgan fingerprint density at radius 1 is 1.07 bits per heavy atom. The molecule has 3 aromatic rings. The zero-order valence-electron chi connectivity index (χ0n) is 16.8. The highest BCUT2D eigenvalue weighted by Crippen LogP contribution is 2.16. The number of nitrogens with one attached hydrogen (secondary N) is 2. The van der Waals surface area contributed by atoms with Crippen molar-refractivity contribution in [2.75, 3.05) is 18.4 Å². The molecule has 0 unspecified atom stereocenters. The van der Waals surface area contributed by atoms with Gasteiger partial charge in [-0.15, -0.1) is 10.2 Å². The van der Waals surface area contributed by atoms with Crippen molar-refractivity contribution in [3.8, 4) is 5.82 Å². The predicted molar refractivity (Wildman–Crippen MR) is 113 cm³/mol. The van der Waals surface area contributed by atoms with Gasteiger partial charge in [-0.1, -0.05) is 12.1 Å². The average molecular weight is 429 g/mol. The van der Waals surface area contributed by atoms with Crippen LogP contribution in [-0.4, -0.2) is 52.6 Å². The Morgan fingerprint density at radius 3 is 2.43 bits per heavy atom. The van der Waals surface area contributed by atoms with Crippen LogP contribution in [0.1, 0.15) is 19.4 Å². The number of hydrogen-bond acceptors (Lipinski definition) is 7. The summed E-state index contributed by atoms with van der Waals surface area (Å²) in [5.74, 6) is 1.07. The summed E-state index contributed by atoms with van der Waals surface area (Å²) >= 11 is 0. The van der Waals surface area contributed by atoms with E-state index in [0.717, 1.165) is 5.56 Å². The van der Waals surface area contributed by atoms with Crippen molar-refractivity contribution in [3.63, 3.8) is 0 Å². The van der Waals surface area contributed by atoms with E-state index in [9.17, 15) is 13.2 Å². The van der Waals surface area contributed by atoms with Gasteiger partial charge in [0.25, 0.3) is 0 Å². The summed E-state index contributed by atoms with van der Waals surface area (Å²) < 4.78 is 25.9. The Hall–Kier alpha value is -3.27. The van der Waals surface area contributed by atoms with Crippen molar-refractivity contribution in [2.24, 2.45) is 0 Å². The molecule has 0 aliphatic rings. The van der Waals surface area contributed by atoms with E-state index >= 15 is 0 Å². The van der Waals surface area contributed by atoms with Gasteiger partial charge in [-0.3, -0.25) is 4.79 Å². The fourth-order valence-electron chi connectivity index (χ4n) is 2.66. The Labute approximate surface area is 175 Å². The van der Waals surface area contributed by atoms with Gasteiger partial charge < -0.3 is 10.6 Å². The van der Waals surface area contributed by atoms with Gasteiger partial charge in [-0.2, -0.15) is 5.10 Å². The second-order valence-corrected chi connectivity index (χ2v) is 9.42. The smallest absolute Gasteiger partial charge is 0.224 e. The second kappa shape index (κ2) is 9.49. The Balaban J connectivity index is 1.42. The molecule has 0 fully saturated rings. The quantitative estimate of drug-likeness (QED) is 0.497. The fourth-order valence-corrected chi connectivity index (χ4v) is 3.72. The topological polar surface area (TPSA) is 119 Å². The van der Waals surface area contributed by atoms with Gasteiger partial charge in [0.05, 0.1) is 16.6 Å². The molecule has 30 heavy (non-hydrogen) atoms. The van der Waals surface area contributed by atoms with Crippen LogP contribution in [0.25, 0.3) is 5.82 Å². The van der Waals surface area contributed by atoms with Gasteiger partial charge in [0.15, 0.2) is 15.7 Å². The van der Waals surface area contributed by atoms with Crippen LogP contribution in [0.5, 0.6) is 0 Å².